The minimum atomic E-state index is -0.595. The van der Waals surface area contributed by atoms with Crippen LogP contribution in [0, 0.1) is 0 Å². The molecule has 27 heavy (non-hydrogen) atoms. The van der Waals surface area contributed by atoms with E-state index in [2.05, 4.69) is 10.6 Å². The molecule has 2 aromatic carbocycles. The number of nitrogens with one attached hydrogen (secondary N) is 2. The summed E-state index contributed by atoms with van der Waals surface area (Å²) in [6.07, 6.45) is 0. The van der Waals surface area contributed by atoms with E-state index in [4.69, 9.17) is 12.2 Å². The van der Waals surface area contributed by atoms with Crippen molar-refractivity contribution in [2.45, 2.75) is 6.92 Å². The van der Waals surface area contributed by atoms with Crippen LogP contribution in [0.4, 0.5) is 5.69 Å². The van der Waals surface area contributed by atoms with Gasteiger partial charge in [-0.3, -0.25) is 24.1 Å². The van der Waals surface area contributed by atoms with Crippen molar-refractivity contribution < 1.29 is 19.2 Å². The molecular formula is C19H15N3O4S. The van der Waals surface area contributed by atoms with Gasteiger partial charge in [-0.05, 0) is 55.5 Å². The largest absolute Gasteiger partial charge is 0.332 e. The van der Waals surface area contributed by atoms with Crippen LogP contribution in [-0.2, 0) is 4.79 Å². The molecule has 0 aliphatic carbocycles. The summed E-state index contributed by atoms with van der Waals surface area (Å²) in [5.74, 6) is -1.67. The highest BCUT2D eigenvalue weighted by atomic mass is 32.1. The molecule has 0 radical (unpaired) electrons. The lowest BCUT2D eigenvalue weighted by Crippen LogP contribution is -2.43. The van der Waals surface area contributed by atoms with Gasteiger partial charge >= 0.3 is 0 Å². The average molecular weight is 381 g/mol. The number of carbonyl (C=O) groups excluding carboxylic acids is 4. The number of rotatable bonds is 4. The number of amides is 3. The molecular weight excluding hydrogens is 366 g/mol. The second-order valence-corrected chi connectivity index (χ2v) is 6.29. The second-order valence-electron chi connectivity index (χ2n) is 5.88. The van der Waals surface area contributed by atoms with Gasteiger partial charge in [0.25, 0.3) is 11.8 Å². The van der Waals surface area contributed by atoms with E-state index in [9.17, 15) is 19.2 Å². The van der Waals surface area contributed by atoms with Crippen LogP contribution in [0.25, 0.3) is 0 Å². The summed E-state index contributed by atoms with van der Waals surface area (Å²) in [6.45, 7) is 1.03. The van der Waals surface area contributed by atoms with Crippen LogP contribution in [0.3, 0.4) is 0 Å². The monoisotopic (exact) mass is 381 g/mol. The van der Waals surface area contributed by atoms with Crippen molar-refractivity contribution in [1.29, 1.82) is 0 Å². The Morgan fingerprint density at radius 1 is 0.963 bits per heavy atom. The predicted molar refractivity (Wildman–Crippen MR) is 103 cm³/mol. The molecule has 0 atom stereocenters. The Morgan fingerprint density at radius 3 is 2.04 bits per heavy atom. The average Bonchev–Trinajstić information content (AvgIpc) is 2.87. The number of nitrogens with zero attached hydrogens (tertiary/aromatic N) is 1. The number of Topliss-reactive ketones (excluding diaryl/α,β-unsaturated/α-hetero) is 1. The lowest BCUT2D eigenvalue weighted by atomic mass is 10.1. The van der Waals surface area contributed by atoms with Gasteiger partial charge in [0.1, 0.15) is 6.54 Å². The minimum Gasteiger partial charge on any atom is -0.332 e. The van der Waals surface area contributed by atoms with E-state index in [-0.39, 0.29) is 22.0 Å². The number of hydrogen-bond donors (Lipinski definition) is 2. The summed E-state index contributed by atoms with van der Waals surface area (Å²) in [7, 11) is 0. The van der Waals surface area contributed by atoms with E-state index >= 15 is 0 Å². The zero-order chi connectivity index (χ0) is 19.6. The van der Waals surface area contributed by atoms with Crippen LogP contribution in [0.5, 0.6) is 0 Å². The maximum atomic E-state index is 12.3. The molecule has 136 valence electrons. The minimum absolute atomic E-state index is 0.0205. The number of anilines is 1. The maximum absolute atomic E-state index is 12.3. The van der Waals surface area contributed by atoms with Crippen molar-refractivity contribution in [3.63, 3.8) is 0 Å². The maximum Gasteiger partial charge on any atom is 0.262 e. The fourth-order valence-corrected chi connectivity index (χ4v) is 2.87. The number of imide groups is 1. The van der Waals surface area contributed by atoms with Crippen molar-refractivity contribution in [3.8, 4) is 0 Å². The Balaban J connectivity index is 1.58. The van der Waals surface area contributed by atoms with Crippen LogP contribution in [-0.4, -0.2) is 40.1 Å². The summed E-state index contributed by atoms with van der Waals surface area (Å²) in [5.41, 5.74) is 1.70. The first-order valence-electron chi connectivity index (χ1n) is 8.04. The van der Waals surface area contributed by atoms with Crippen LogP contribution < -0.4 is 10.6 Å². The number of hydrogen-bond acceptors (Lipinski definition) is 5. The standard InChI is InChI=1S/C19H15N3O4S/c1-11(23)12-6-8-13(9-7-12)20-19(27)21-16(24)10-22-17(25)14-4-2-3-5-15(14)18(22)26/h2-9H,10H2,1H3,(H2,20,21,24,27). The number of fused-ring (bicyclic) bond motifs is 1. The Hall–Kier alpha value is -3.39. The van der Waals surface area contributed by atoms with Gasteiger partial charge in [-0.15, -0.1) is 0 Å². The number of benzene rings is 2. The molecule has 3 amide bonds. The van der Waals surface area contributed by atoms with E-state index in [1.54, 1.807) is 48.5 Å². The zero-order valence-corrected chi connectivity index (χ0v) is 15.1. The highest BCUT2D eigenvalue weighted by Crippen LogP contribution is 2.21. The normalized spacial score (nSPS) is 12.6. The van der Waals surface area contributed by atoms with E-state index < -0.39 is 24.3 Å². The Kier molecular flexibility index (Phi) is 5.09. The third-order valence-corrected chi connectivity index (χ3v) is 4.19. The van der Waals surface area contributed by atoms with Crippen molar-refractivity contribution in [2.75, 3.05) is 11.9 Å². The molecule has 8 heteroatoms. The quantitative estimate of drug-likeness (QED) is 0.478. The Labute approximate surface area is 160 Å². The molecule has 1 aliphatic heterocycles. The molecule has 0 spiro atoms. The lowest BCUT2D eigenvalue weighted by Gasteiger charge is -2.14. The number of thiocarbonyl (C=S) groups is 1. The molecule has 0 saturated carbocycles. The summed E-state index contributed by atoms with van der Waals surface area (Å²) in [4.78, 5) is 48.8. The molecule has 2 aromatic rings. The van der Waals surface area contributed by atoms with E-state index in [0.29, 0.717) is 11.3 Å². The van der Waals surface area contributed by atoms with Crippen LogP contribution in [0.2, 0.25) is 0 Å². The molecule has 7 nitrogen and oxygen atoms in total. The summed E-state index contributed by atoms with van der Waals surface area (Å²) in [6, 6.07) is 13.0. The molecule has 0 aromatic heterocycles. The molecule has 1 heterocycles. The molecule has 1 aliphatic rings. The first-order chi connectivity index (χ1) is 12.9. The molecule has 2 N–H and O–H groups in total. The van der Waals surface area contributed by atoms with Crippen molar-refractivity contribution >= 4 is 46.5 Å². The van der Waals surface area contributed by atoms with Crippen LogP contribution in [0.1, 0.15) is 38.0 Å². The first-order valence-corrected chi connectivity index (χ1v) is 8.44. The first kappa shape index (κ1) is 18.4. The fourth-order valence-electron chi connectivity index (χ4n) is 2.64. The van der Waals surface area contributed by atoms with E-state index in [1.165, 1.54) is 6.92 Å². The lowest BCUT2D eigenvalue weighted by molar-refractivity contribution is -0.120. The van der Waals surface area contributed by atoms with Gasteiger partial charge in [-0.1, -0.05) is 12.1 Å². The van der Waals surface area contributed by atoms with Gasteiger partial charge in [-0.25, -0.2) is 0 Å². The van der Waals surface area contributed by atoms with Gasteiger partial charge in [0.2, 0.25) is 5.91 Å². The molecule has 0 saturated heterocycles. The second kappa shape index (κ2) is 7.46. The SMILES string of the molecule is CC(=O)c1ccc(NC(=S)NC(=O)CN2C(=O)c3ccccc3C2=O)cc1. The van der Waals surface area contributed by atoms with Crippen molar-refractivity contribution in [3.05, 3.63) is 65.2 Å². The topological polar surface area (TPSA) is 95.6 Å². The molecule has 0 unspecified atom stereocenters. The molecule has 0 bridgehead atoms. The number of carbonyl (C=O) groups is 4. The summed E-state index contributed by atoms with van der Waals surface area (Å²) >= 11 is 5.07. The Bertz CT molecular complexity index is 934. The van der Waals surface area contributed by atoms with Gasteiger partial charge in [0.15, 0.2) is 10.9 Å². The summed E-state index contributed by atoms with van der Waals surface area (Å²) < 4.78 is 0. The Morgan fingerprint density at radius 2 is 1.52 bits per heavy atom. The fraction of sp³-hybridized carbons (Fsp3) is 0.105. The molecule has 3 rings (SSSR count). The smallest absolute Gasteiger partial charge is 0.262 e. The van der Waals surface area contributed by atoms with E-state index in [0.717, 1.165) is 4.90 Å². The third kappa shape index (κ3) is 3.90. The predicted octanol–water partition coefficient (Wildman–Crippen LogP) is 2.00. The van der Waals surface area contributed by atoms with Gasteiger partial charge < -0.3 is 10.6 Å². The summed E-state index contributed by atoms with van der Waals surface area (Å²) in [5, 5.41) is 5.25. The van der Waals surface area contributed by atoms with Crippen molar-refractivity contribution in [2.24, 2.45) is 0 Å². The molecule has 0 fully saturated rings. The van der Waals surface area contributed by atoms with Crippen LogP contribution >= 0.6 is 12.2 Å². The third-order valence-electron chi connectivity index (χ3n) is 3.98. The highest BCUT2D eigenvalue weighted by Gasteiger charge is 2.36. The van der Waals surface area contributed by atoms with Crippen molar-refractivity contribution in [1.82, 2.24) is 10.2 Å². The van der Waals surface area contributed by atoms with Gasteiger partial charge in [0.05, 0.1) is 11.1 Å². The number of ketones is 1. The van der Waals surface area contributed by atoms with Gasteiger partial charge in [0, 0.05) is 11.3 Å². The highest BCUT2D eigenvalue weighted by molar-refractivity contribution is 7.80. The van der Waals surface area contributed by atoms with Gasteiger partial charge in [-0.2, -0.15) is 0 Å². The van der Waals surface area contributed by atoms with Crippen LogP contribution in [0.15, 0.2) is 48.5 Å². The zero-order valence-electron chi connectivity index (χ0n) is 14.3. The van der Waals surface area contributed by atoms with E-state index in [1.807, 2.05) is 0 Å².